The van der Waals surface area contributed by atoms with Crippen LogP contribution < -0.4 is 4.90 Å². The molecule has 3 saturated heterocycles. The number of anilines is 1. The average Bonchev–Trinajstić information content (AvgIpc) is 3.40. The van der Waals surface area contributed by atoms with E-state index in [0.29, 0.717) is 23.6 Å². The number of para-hydroxylation sites is 1. The van der Waals surface area contributed by atoms with E-state index in [2.05, 4.69) is 13.2 Å². The number of ether oxygens (including phenoxy) is 2. The smallest absolute Gasteiger partial charge is 0.312 e. The molecule has 0 aliphatic carbocycles. The maximum Gasteiger partial charge on any atom is 0.312 e. The number of benzene rings is 1. The van der Waals surface area contributed by atoms with Gasteiger partial charge in [-0.1, -0.05) is 42.8 Å². The number of aliphatic hydroxyl groups is 1. The highest BCUT2D eigenvalue weighted by Gasteiger charge is 2.80. The molecule has 1 spiro atoms. The summed E-state index contributed by atoms with van der Waals surface area (Å²) in [5.74, 6) is -3.10. The largest absolute Gasteiger partial charge is 0.465 e. The zero-order chi connectivity index (χ0) is 28.5. The summed E-state index contributed by atoms with van der Waals surface area (Å²) in [6.45, 7) is 13.2. The van der Waals surface area contributed by atoms with Crippen LogP contribution >= 0.6 is 11.6 Å². The number of allylic oxidation sites excluding steroid dienone is 1. The normalized spacial score (nSPS) is 30.8. The van der Waals surface area contributed by atoms with E-state index in [4.69, 9.17) is 21.1 Å². The van der Waals surface area contributed by atoms with Gasteiger partial charge in [-0.15, -0.1) is 13.2 Å². The molecule has 6 atom stereocenters. The van der Waals surface area contributed by atoms with Crippen LogP contribution in [0.4, 0.5) is 5.69 Å². The lowest BCUT2D eigenvalue weighted by molar-refractivity contribution is -0.161. The number of nitrogens with zero attached hydrogens (tertiary/aromatic N) is 2. The van der Waals surface area contributed by atoms with Gasteiger partial charge in [-0.2, -0.15) is 0 Å². The fraction of sp³-hybridized carbons (Fsp3) is 0.567. The molecule has 39 heavy (non-hydrogen) atoms. The second kappa shape index (κ2) is 11.4. The van der Waals surface area contributed by atoms with E-state index in [-0.39, 0.29) is 44.0 Å². The summed E-state index contributed by atoms with van der Waals surface area (Å²) in [6, 6.07) is 4.33. The minimum absolute atomic E-state index is 0.0608. The van der Waals surface area contributed by atoms with Crippen molar-refractivity contribution in [3.05, 3.63) is 54.1 Å². The van der Waals surface area contributed by atoms with Crippen LogP contribution in [0.3, 0.4) is 0 Å². The summed E-state index contributed by atoms with van der Waals surface area (Å²) < 4.78 is 12.4. The van der Waals surface area contributed by atoms with Gasteiger partial charge in [0, 0.05) is 13.1 Å². The SMILES string of the molecule is C=CCCCCOC(=O)[C@H]1[C@H]2C(=O)N(CCO)C(C(=O)N(CC=C)c3c(C)cccc3Cl)C23CC(C)[C@]1(C)O3. The third-order valence-electron chi connectivity index (χ3n) is 8.73. The van der Waals surface area contributed by atoms with Crippen molar-refractivity contribution in [2.45, 2.75) is 63.7 Å². The molecule has 2 amide bonds. The van der Waals surface area contributed by atoms with Crippen LogP contribution in [0.25, 0.3) is 0 Å². The van der Waals surface area contributed by atoms with Gasteiger partial charge in [0.1, 0.15) is 17.6 Å². The lowest BCUT2D eigenvalue weighted by atomic mass is 9.62. The molecule has 3 fully saturated rings. The van der Waals surface area contributed by atoms with Crippen molar-refractivity contribution >= 4 is 35.1 Å². The molecule has 1 aromatic carbocycles. The Morgan fingerprint density at radius 1 is 1.31 bits per heavy atom. The first-order valence-electron chi connectivity index (χ1n) is 13.7. The molecule has 0 radical (unpaired) electrons. The standard InChI is InChI=1S/C30H39ClN2O6/c1-6-8-9-10-17-38-28(37)23-22-26(35)33(15-16-34)25(30(22)18-20(4)29(23,5)39-30)27(36)32(14-7-2)24-19(3)12-11-13-21(24)31/h6-7,11-13,20,22-23,25,34H,1-2,8-10,14-18H2,3-5H3/t20?,22-,23+,25?,29-,30?/m0/s1. The minimum atomic E-state index is -1.24. The highest BCUT2D eigenvalue weighted by Crippen LogP contribution is 2.65. The fourth-order valence-corrected chi connectivity index (χ4v) is 7.23. The number of carbonyl (C=O) groups excluding carboxylic acids is 3. The Morgan fingerprint density at radius 3 is 2.69 bits per heavy atom. The van der Waals surface area contributed by atoms with E-state index in [0.717, 1.165) is 18.4 Å². The van der Waals surface area contributed by atoms with Gasteiger partial charge in [-0.3, -0.25) is 14.4 Å². The zero-order valence-electron chi connectivity index (χ0n) is 23.0. The van der Waals surface area contributed by atoms with Gasteiger partial charge in [0.25, 0.3) is 5.91 Å². The maximum absolute atomic E-state index is 14.5. The van der Waals surface area contributed by atoms with E-state index in [1.807, 2.05) is 32.9 Å². The molecular weight excluding hydrogens is 520 g/mol. The summed E-state index contributed by atoms with van der Waals surface area (Å²) in [6.07, 6.45) is 6.21. The predicted octanol–water partition coefficient (Wildman–Crippen LogP) is 4.07. The fourth-order valence-electron chi connectivity index (χ4n) is 6.91. The number of hydrogen-bond donors (Lipinski definition) is 1. The lowest BCUT2D eigenvalue weighted by Gasteiger charge is -2.37. The number of esters is 1. The molecule has 3 heterocycles. The molecule has 0 saturated carbocycles. The quantitative estimate of drug-likeness (QED) is 0.236. The van der Waals surface area contributed by atoms with E-state index < -0.39 is 35.0 Å². The van der Waals surface area contributed by atoms with Gasteiger partial charge >= 0.3 is 5.97 Å². The van der Waals surface area contributed by atoms with Crippen LogP contribution in [-0.4, -0.2) is 71.3 Å². The first-order chi connectivity index (χ1) is 18.6. The molecule has 4 rings (SSSR count). The number of fused-ring (bicyclic) bond motifs is 1. The van der Waals surface area contributed by atoms with Gasteiger partial charge in [0.2, 0.25) is 5.91 Å². The first-order valence-corrected chi connectivity index (χ1v) is 14.0. The Labute approximate surface area is 235 Å². The molecule has 1 aromatic rings. The molecule has 3 aliphatic heterocycles. The number of aryl methyl sites for hydroxylation is 1. The van der Waals surface area contributed by atoms with Crippen molar-refractivity contribution < 1.29 is 29.0 Å². The van der Waals surface area contributed by atoms with Gasteiger partial charge < -0.3 is 24.4 Å². The second-order valence-electron chi connectivity index (χ2n) is 11.1. The van der Waals surface area contributed by atoms with E-state index >= 15 is 0 Å². The van der Waals surface area contributed by atoms with Crippen molar-refractivity contribution in [2.75, 3.05) is 31.2 Å². The second-order valence-corrected chi connectivity index (χ2v) is 11.5. The number of halogens is 1. The van der Waals surface area contributed by atoms with Crippen molar-refractivity contribution in [1.82, 2.24) is 4.90 Å². The van der Waals surface area contributed by atoms with Crippen LogP contribution in [0.5, 0.6) is 0 Å². The van der Waals surface area contributed by atoms with Crippen molar-refractivity contribution in [2.24, 2.45) is 17.8 Å². The summed E-state index contributed by atoms with van der Waals surface area (Å²) in [5.41, 5.74) is -0.882. The molecule has 1 N–H and O–H groups in total. The number of rotatable bonds is 12. The summed E-state index contributed by atoms with van der Waals surface area (Å²) in [4.78, 5) is 44.9. The number of β-amino-alcohol motifs (C(OH)–C–C–N with tert-alkyl or cyclic N) is 1. The zero-order valence-corrected chi connectivity index (χ0v) is 23.8. The van der Waals surface area contributed by atoms with Gasteiger partial charge in [0.15, 0.2) is 0 Å². The van der Waals surface area contributed by atoms with Gasteiger partial charge in [-0.05, 0) is 57.1 Å². The van der Waals surface area contributed by atoms with Crippen molar-refractivity contribution in [3.63, 3.8) is 0 Å². The van der Waals surface area contributed by atoms with E-state index in [1.54, 1.807) is 18.2 Å². The third kappa shape index (κ3) is 4.70. The summed E-state index contributed by atoms with van der Waals surface area (Å²) in [5, 5.41) is 10.3. The third-order valence-corrected chi connectivity index (χ3v) is 9.03. The Hall–Kier alpha value is -2.68. The number of hydrogen-bond acceptors (Lipinski definition) is 6. The minimum Gasteiger partial charge on any atom is -0.465 e. The van der Waals surface area contributed by atoms with E-state index in [9.17, 15) is 19.5 Å². The Morgan fingerprint density at radius 2 is 2.05 bits per heavy atom. The topological polar surface area (TPSA) is 96.4 Å². The summed E-state index contributed by atoms with van der Waals surface area (Å²) in [7, 11) is 0. The van der Waals surface area contributed by atoms with Crippen molar-refractivity contribution in [1.29, 1.82) is 0 Å². The molecule has 2 bridgehead atoms. The molecule has 212 valence electrons. The maximum atomic E-state index is 14.5. The van der Waals surface area contributed by atoms with Crippen LogP contribution in [0.15, 0.2) is 43.5 Å². The van der Waals surface area contributed by atoms with Gasteiger partial charge in [0.05, 0.1) is 35.4 Å². The van der Waals surface area contributed by atoms with E-state index in [1.165, 1.54) is 9.80 Å². The summed E-state index contributed by atoms with van der Waals surface area (Å²) >= 11 is 6.57. The molecule has 3 unspecified atom stereocenters. The Kier molecular flexibility index (Phi) is 8.59. The molecule has 3 aliphatic rings. The lowest BCUT2D eigenvalue weighted by Crippen LogP contribution is -2.57. The highest BCUT2D eigenvalue weighted by molar-refractivity contribution is 6.34. The van der Waals surface area contributed by atoms with Gasteiger partial charge in [-0.25, -0.2) is 0 Å². The first kappa shape index (κ1) is 29.3. The molecule has 0 aromatic heterocycles. The Bertz CT molecular complexity index is 1140. The number of aliphatic hydroxyl groups excluding tert-OH is 1. The monoisotopic (exact) mass is 558 g/mol. The van der Waals surface area contributed by atoms with Crippen LogP contribution in [0, 0.1) is 24.7 Å². The molecule has 8 nitrogen and oxygen atoms in total. The molecule has 9 heteroatoms. The number of amides is 2. The average molecular weight is 559 g/mol. The van der Waals surface area contributed by atoms with Crippen LogP contribution in [0.1, 0.15) is 45.1 Å². The van der Waals surface area contributed by atoms with Crippen molar-refractivity contribution in [3.8, 4) is 0 Å². The number of unbranched alkanes of at least 4 members (excludes halogenated alkanes) is 2. The highest BCUT2D eigenvalue weighted by atomic mass is 35.5. The molecular formula is C30H39ClN2O6. The predicted molar refractivity (Wildman–Crippen MR) is 149 cm³/mol. The van der Waals surface area contributed by atoms with Crippen LogP contribution in [-0.2, 0) is 23.9 Å². The number of likely N-dealkylation sites (tertiary alicyclic amines) is 1. The van der Waals surface area contributed by atoms with Crippen LogP contribution in [0.2, 0.25) is 5.02 Å². The number of carbonyl (C=O) groups is 3. The Balaban J connectivity index is 1.74.